The van der Waals surface area contributed by atoms with Crippen molar-refractivity contribution in [3.8, 4) is 5.75 Å². The number of aliphatic hydroxyl groups excluding tert-OH is 1. The van der Waals surface area contributed by atoms with Gasteiger partial charge in [-0.05, 0) is 25.1 Å². The zero-order valence-electron chi connectivity index (χ0n) is 9.50. The molecule has 0 aliphatic rings. The minimum absolute atomic E-state index is 0.122. The zero-order valence-corrected chi connectivity index (χ0v) is 9.50. The average Bonchev–Trinajstić information content (AvgIpc) is 2.24. The van der Waals surface area contributed by atoms with Gasteiger partial charge in [0, 0.05) is 5.56 Å². The Labute approximate surface area is 101 Å². The van der Waals surface area contributed by atoms with E-state index in [9.17, 15) is 22.7 Å². The van der Waals surface area contributed by atoms with Crippen LogP contribution in [-0.2, 0) is 4.74 Å². The number of halogens is 4. The molecule has 1 unspecified atom stereocenters. The molecule has 7 heteroatoms. The van der Waals surface area contributed by atoms with E-state index < -0.39 is 24.9 Å². The number of ether oxygens (including phenoxy) is 2. The minimum Gasteiger partial charge on any atom is -0.491 e. The molecule has 0 saturated carbocycles. The zero-order chi connectivity index (χ0) is 13.8. The van der Waals surface area contributed by atoms with E-state index in [1.807, 2.05) is 0 Å². The van der Waals surface area contributed by atoms with Gasteiger partial charge in [0.1, 0.15) is 18.2 Å². The quantitative estimate of drug-likeness (QED) is 0.659. The lowest BCUT2D eigenvalue weighted by Gasteiger charge is -2.14. The van der Waals surface area contributed by atoms with Crippen molar-refractivity contribution in [2.45, 2.75) is 19.4 Å². The molecule has 0 bridgehead atoms. The molecule has 0 aliphatic heterocycles. The highest BCUT2D eigenvalue weighted by molar-refractivity contribution is 5.35. The first-order valence-electron chi connectivity index (χ1n) is 5.10. The molecule has 1 aromatic carbocycles. The molecule has 1 rings (SSSR count). The highest BCUT2D eigenvalue weighted by Gasteiger charge is 2.28. The van der Waals surface area contributed by atoms with Crippen molar-refractivity contribution < 1.29 is 32.1 Å². The topological polar surface area (TPSA) is 38.7 Å². The van der Waals surface area contributed by atoms with E-state index in [1.54, 1.807) is 0 Å². The van der Waals surface area contributed by atoms with Gasteiger partial charge in [-0.2, -0.15) is 0 Å². The molecule has 0 aliphatic carbocycles. The number of hydrogen-bond acceptors (Lipinski definition) is 3. The Bertz CT molecular complexity index is 390. The van der Waals surface area contributed by atoms with Gasteiger partial charge in [-0.3, -0.25) is 4.74 Å². The summed E-state index contributed by atoms with van der Waals surface area (Å²) >= 11 is 0. The van der Waals surface area contributed by atoms with Crippen LogP contribution in [0.4, 0.5) is 17.6 Å². The summed E-state index contributed by atoms with van der Waals surface area (Å²) in [7, 11) is 0. The van der Waals surface area contributed by atoms with Gasteiger partial charge in [-0.25, -0.2) is 4.39 Å². The Balaban J connectivity index is 2.57. The first-order chi connectivity index (χ1) is 8.29. The summed E-state index contributed by atoms with van der Waals surface area (Å²) in [5, 5.41) is 9.36. The summed E-state index contributed by atoms with van der Waals surface area (Å²) in [6, 6.07) is 3.39. The van der Waals surface area contributed by atoms with Crippen LogP contribution in [-0.4, -0.2) is 24.7 Å². The second-order valence-electron chi connectivity index (χ2n) is 3.50. The van der Waals surface area contributed by atoms with Crippen molar-refractivity contribution in [3.63, 3.8) is 0 Å². The fourth-order valence-electron chi connectivity index (χ4n) is 1.29. The summed E-state index contributed by atoms with van der Waals surface area (Å²) in [5.41, 5.74) is 0.169. The van der Waals surface area contributed by atoms with Crippen LogP contribution in [0.15, 0.2) is 18.2 Å². The van der Waals surface area contributed by atoms with E-state index in [0.717, 1.165) is 12.1 Å². The van der Waals surface area contributed by atoms with Crippen LogP contribution in [0.25, 0.3) is 0 Å². The number of benzene rings is 1. The van der Waals surface area contributed by atoms with E-state index in [0.29, 0.717) is 0 Å². The Morgan fingerprint density at radius 3 is 2.50 bits per heavy atom. The molecule has 0 fully saturated rings. The molecule has 1 aromatic rings. The first kappa shape index (κ1) is 14.7. The second-order valence-corrected chi connectivity index (χ2v) is 3.50. The van der Waals surface area contributed by atoms with Gasteiger partial charge in [0.05, 0.1) is 12.7 Å². The summed E-state index contributed by atoms with van der Waals surface area (Å²) in [6.07, 6.45) is -5.70. The summed E-state index contributed by atoms with van der Waals surface area (Å²) < 4.78 is 56.4. The molecule has 0 heterocycles. The predicted molar refractivity (Wildman–Crippen MR) is 54.5 cm³/mol. The van der Waals surface area contributed by atoms with Crippen LogP contribution in [0.5, 0.6) is 5.75 Å². The number of rotatable bonds is 5. The van der Waals surface area contributed by atoms with Crippen molar-refractivity contribution in [2.24, 2.45) is 0 Å². The van der Waals surface area contributed by atoms with Gasteiger partial charge in [-0.15, -0.1) is 13.2 Å². The maximum atomic E-state index is 12.9. The van der Waals surface area contributed by atoms with Crippen molar-refractivity contribution in [2.75, 3.05) is 13.2 Å². The molecule has 0 radical (unpaired) electrons. The average molecular weight is 268 g/mol. The van der Waals surface area contributed by atoms with Gasteiger partial charge < -0.3 is 9.84 Å². The number of alkyl halides is 3. The Morgan fingerprint density at radius 2 is 1.94 bits per heavy atom. The second kappa shape index (κ2) is 6.01. The van der Waals surface area contributed by atoms with Crippen LogP contribution in [0, 0.1) is 5.82 Å². The first-order valence-corrected chi connectivity index (χ1v) is 5.10. The molecule has 0 saturated heterocycles. The Hall–Kier alpha value is -1.34. The van der Waals surface area contributed by atoms with Gasteiger partial charge >= 0.3 is 6.36 Å². The lowest BCUT2D eigenvalue weighted by atomic mass is 10.1. The number of aliphatic hydroxyl groups is 1. The highest BCUT2D eigenvalue weighted by Crippen LogP contribution is 2.26. The van der Waals surface area contributed by atoms with Crippen molar-refractivity contribution in [1.82, 2.24) is 0 Å². The molecule has 3 nitrogen and oxygen atoms in total. The van der Waals surface area contributed by atoms with Crippen molar-refractivity contribution in [1.29, 1.82) is 0 Å². The summed E-state index contributed by atoms with van der Waals surface area (Å²) in [6.45, 7) is 0.360. The molecule has 102 valence electrons. The summed E-state index contributed by atoms with van der Waals surface area (Å²) in [5.74, 6) is -0.443. The highest BCUT2D eigenvalue weighted by atomic mass is 19.4. The molecule has 0 aromatic heterocycles. The van der Waals surface area contributed by atoms with E-state index in [1.165, 1.54) is 13.0 Å². The standard InChI is InChI=1S/C11H12F4O3/c1-7(16)9-6-8(12)2-3-10(9)17-4-5-18-11(13,14)15/h2-3,6-7,16H,4-5H2,1H3. The predicted octanol–water partition coefficient (Wildman–Crippen LogP) is 2.79. The Kier molecular flexibility index (Phi) is 4.92. The van der Waals surface area contributed by atoms with Crippen LogP contribution >= 0.6 is 0 Å². The molecule has 0 amide bonds. The van der Waals surface area contributed by atoms with Crippen LogP contribution in [0.1, 0.15) is 18.6 Å². The third-order valence-corrected chi connectivity index (χ3v) is 2.03. The monoisotopic (exact) mass is 268 g/mol. The van der Waals surface area contributed by atoms with E-state index in [2.05, 4.69) is 4.74 Å². The molecular formula is C11H12F4O3. The lowest BCUT2D eigenvalue weighted by Crippen LogP contribution is -2.18. The normalized spacial score (nSPS) is 13.4. The van der Waals surface area contributed by atoms with Gasteiger partial charge in [0.2, 0.25) is 0 Å². The third-order valence-electron chi connectivity index (χ3n) is 2.03. The van der Waals surface area contributed by atoms with Crippen LogP contribution in [0.2, 0.25) is 0 Å². The maximum absolute atomic E-state index is 12.9. The SMILES string of the molecule is CC(O)c1cc(F)ccc1OCCOC(F)(F)F. The Morgan fingerprint density at radius 1 is 1.28 bits per heavy atom. The van der Waals surface area contributed by atoms with Gasteiger partial charge in [0.25, 0.3) is 0 Å². The fraction of sp³-hybridized carbons (Fsp3) is 0.455. The largest absolute Gasteiger partial charge is 0.522 e. The van der Waals surface area contributed by atoms with Gasteiger partial charge in [0.15, 0.2) is 0 Å². The maximum Gasteiger partial charge on any atom is 0.522 e. The van der Waals surface area contributed by atoms with Gasteiger partial charge in [-0.1, -0.05) is 0 Å². The van der Waals surface area contributed by atoms with Crippen molar-refractivity contribution >= 4 is 0 Å². The van der Waals surface area contributed by atoms with Crippen LogP contribution < -0.4 is 4.74 Å². The fourth-order valence-corrected chi connectivity index (χ4v) is 1.29. The molecular weight excluding hydrogens is 256 g/mol. The molecule has 1 N–H and O–H groups in total. The smallest absolute Gasteiger partial charge is 0.491 e. The van der Waals surface area contributed by atoms with E-state index in [4.69, 9.17) is 4.74 Å². The van der Waals surface area contributed by atoms with E-state index in [-0.39, 0.29) is 17.9 Å². The molecule has 18 heavy (non-hydrogen) atoms. The number of hydrogen-bond donors (Lipinski definition) is 1. The van der Waals surface area contributed by atoms with Crippen LogP contribution in [0.3, 0.4) is 0 Å². The van der Waals surface area contributed by atoms with E-state index >= 15 is 0 Å². The molecule has 0 spiro atoms. The van der Waals surface area contributed by atoms with Crippen molar-refractivity contribution in [3.05, 3.63) is 29.6 Å². The molecule has 1 atom stereocenters. The minimum atomic E-state index is -4.71. The third kappa shape index (κ3) is 4.89. The lowest BCUT2D eigenvalue weighted by molar-refractivity contribution is -0.325. The summed E-state index contributed by atoms with van der Waals surface area (Å²) in [4.78, 5) is 0.